The Morgan fingerprint density at radius 1 is 1.04 bits per heavy atom. The minimum absolute atomic E-state index is 0.0505. The van der Waals surface area contributed by atoms with Crippen molar-refractivity contribution in [2.45, 2.75) is 135 Å². The molecule has 0 bridgehead atoms. The minimum atomic E-state index is -1.02. The fourth-order valence-corrected chi connectivity index (χ4v) is 7.05. The van der Waals surface area contributed by atoms with E-state index in [0.29, 0.717) is 38.6 Å². The average Bonchev–Trinajstić information content (AvgIpc) is 3.55. The van der Waals surface area contributed by atoms with Gasteiger partial charge in [-0.3, -0.25) is 24.0 Å². The number of amides is 4. The normalized spacial score (nSPS) is 26.7. The predicted molar refractivity (Wildman–Crippen MR) is 188 cm³/mol. The second kappa shape index (κ2) is 20.6. The van der Waals surface area contributed by atoms with Gasteiger partial charge in [-0.25, -0.2) is 0 Å². The zero-order chi connectivity index (χ0) is 36.8. The number of hydrogen-bond donors (Lipinski definition) is 4. The van der Waals surface area contributed by atoms with E-state index >= 15 is 0 Å². The third-order valence-corrected chi connectivity index (χ3v) is 10.4. The van der Waals surface area contributed by atoms with Gasteiger partial charge < -0.3 is 40.3 Å². The molecule has 49 heavy (non-hydrogen) atoms. The SMILES string of the molecule is CC[C@H](C)[C@H](NC(=O)[C@H](C)[C@@H](OC)[C@@H]1CCCN1C(=O)[C@@H]1C/C=C/CCCC[C@H](NC)C(=O)N[C@@H](C(C)C)C(=O)N1C)[C@@H](CC(=O)O)OC. The molecule has 2 aliphatic rings. The molecule has 0 aromatic rings. The number of aliphatic carboxylic acids is 1. The van der Waals surface area contributed by atoms with Crippen molar-refractivity contribution in [2.75, 3.05) is 34.9 Å². The standard InChI is InChI=1S/C36H63N5O8/c1-10-23(4)31(28(48-8)21-29(42)43)39-33(44)24(5)32(49-9)26-19-16-20-41(26)35(46)27-18-15-13-11-12-14-17-25(37-6)34(45)38-30(22(2)3)36(47)40(27)7/h13,15,22-28,30-32,37H,10-12,14,16-21H2,1-9H3,(H,38,45)(H,39,44)(H,42,43)/b15-13+/t23-,24+,25-,26-,27-,28+,30-,31-,32+/m0/s1. The van der Waals surface area contributed by atoms with Crippen LogP contribution in [0.15, 0.2) is 12.2 Å². The summed E-state index contributed by atoms with van der Waals surface area (Å²) in [5.74, 6) is -3.07. The Morgan fingerprint density at radius 3 is 2.31 bits per heavy atom. The molecule has 13 heteroatoms. The molecule has 2 heterocycles. The summed E-state index contributed by atoms with van der Waals surface area (Å²) in [6.07, 6.45) is 7.92. The zero-order valence-corrected chi connectivity index (χ0v) is 31.2. The van der Waals surface area contributed by atoms with Gasteiger partial charge in [-0.05, 0) is 57.4 Å². The molecule has 0 radical (unpaired) electrons. The number of carboxylic acid groups (broad SMARTS) is 1. The lowest BCUT2D eigenvalue weighted by Gasteiger charge is -2.39. The van der Waals surface area contributed by atoms with Crippen molar-refractivity contribution in [3.8, 4) is 0 Å². The number of carbonyl (C=O) groups is 5. The van der Waals surface area contributed by atoms with E-state index in [9.17, 15) is 29.1 Å². The van der Waals surface area contributed by atoms with Crippen LogP contribution in [0.5, 0.6) is 0 Å². The maximum atomic E-state index is 14.5. The number of likely N-dealkylation sites (tertiary alicyclic amines) is 1. The number of nitrogens with zero attached hydrogens (tertiary/aromatic N) is 2. The summed E-state index contributed by atoms with van der Waals surface area (Å²) < 4.78 is 11.4. The van der Waals surface area contributed by atoms with Gasteiger partial charge >= 0.3 is 5.97 Å². The number of carboxylic acids is 1. The van der Waals surface area contributed by atoms with Gasteiger partial charge in [0.15, 0.2) is 0 Å². The number of hydrogen-bond acceptors (Lipinski definition) is 8. The molecule has 13 nitrogen and oxygen atoms in total. The highest BCUT2D eigenvalue weighted by atomic mass is 16.5. The first-order valence-electron chi connectivity index (χ1n) is 18.0. The highest BCUT2D eigenvalue weighted by molar-refractivity contribution is 5.93. The van der Waals surface area contributed by atoms with E-state index in [2.05, 4.69) is 16.0 Å². The van der Waals surface area contributed by atoms with E-state index in [-0.39, 0.29) is 41.9 Å². The fourth-order valence-electron chi connectivity index (χ4n) is 7.05. The molecule has 4 N–H and O–H groups in total. The lowest BCUT2D eigenvalue weighted by Crippen LogP contribution is -2.59. The van der Waals surface area contributed by atoms with Crippen LogP contribution >= 0.6 is 0 Å². The summed E-state index contributed by atoms with van der Waals surface area (Å²) in [7, 11) is 6.33. The van der Waals surface area contributed by atoms with Gasteiger partial charge in [0.05, 0.1) is 42.7 Å². The summed E-state index contributed by atoms with van der Waals surface area (Å²) in [4.78, 5) is 70.2. The van der Waals surface area contributed by atoms with Crippen LogP contribution in [0.25, 0.3) is 0 Å². The van der Waals surface area contributed by atoms with Gasteiger partial charge in [0.1, 0.15) is 12.1 Å². The van der Waals surface area contributed by atoms with Crippen molar-refractivity contribution in [2.24, 2.45) is 17.8 Å². The molecule has 1 saturated heterocycles. The number of rotatable bonds is 14. The smallest absolute Gasteiger partial charge is 0.306 e. The van der Waals surface area contributed by atoms with Crippen LogP contribution in [0, 0.1) is 17.8 Å². The molecule has 0 aromatic carbocycles. The van der Waals surface area contributed by atoms with E-state index in [1.807, 2.05) is 39.8 Å². The fraction of sp³-hybridized carbons (Fsp3) is 0.806. The summed E-state index contributed by atoms with van der Waals surface area (Å²) in [6.45, 7) is 9.87. The third kappa shape index (κ3) is 11.5. The molecule has 0 unspecified atom stereocenters. The zero-order valence-electron chi connectivity index (χ0n) is 31.2. The van der Waals surface area contributed by atoms with E-state index in [4.69, 9.17) is 9.47 Å². The molecule has 4 amide bonds. The predicted octanol–water partition coefficient (Wildman–Crippen LogP) is 2.73. The van der Waals surface area contributed by atoms with Crippen LogP contribution in [-0.4, -0.2) is 122 Å². The first-order valence-corrected chi connectivity index (χ1v) is 18.0. The van der Waals surface area contributed by atoms with Gasteiger partial charge in [-0.15, -0.1) is 0 Å². The van der Waals surface area contributed by atoms with E-state index < -0.39 is 54.3 Å². The van der Waals surface area contributed by atoms with Crippen LogP contribution in [0.1, 0.15) is 92.4 Å². The summed E-state index contributed by atoms with van der Waals surface area (Å²) in [6, 6.07) is -3.00. The van der Waals surface area contributed by atoms with Gasteiger partial charge in [0.25, 0.3) is 0 Å². The van der Waals surface area contributed by atoms with Gasteiger partial charge in [0.2, 0.25) is 23.6 Å². The van der Waals surface area contributed by atoms with Gasteiger partial charge in [0, 0.05) is 27.8 Å². The number of ether oxygens (including phenoxy) is 2. The maximum Gasteiger partial charge on any atom is 0.306 e. The Hall–Kier alpha value is -3.03. The number of carbonyl (C=O) groups excluding carboxylic acids is 4. The minimum Gasteiger partial charge on any atom is -0.481 e. The molecule has 0 aromatic heterocycles. The Labute approximate surface area is 293 Å². The Kier molecular flexibility index (Phi) is 17.7. The quantitative estimate of drug-likeness (QED) is 0.200. The van der Waals surface area contributed by atoms with Crippen molar-refractivity contribution in [1.29, 1.82) is 0 Å². The van der Waals surface area contributed by atoms with Gasteiger partial charge in [-0.1, -0.05) is 59.6 Å². The topological polar surface area (TPSA) is 167 Å². The first-order chi connectivity index (χ1) is 23.2. The Bertz CT molecular complexity index is 1130. The lowest BCUT2D eigenvalue weighted by molar-refractivity contribution is -0.150. The van der Waals surface area contributed by atoms with Crippen molar-refractivity contribution < 1.29 is 38.6 Å². The first kappa shape index (κ1) is 42.1. The Balaban J connectivity index is 2.37. The van der Waals surface area contributed by atoms with Crippen molar-refractivity contribution in [3.05, 3.63) is 12.2 Å². The molecule has 0 saturated carbocycles. The summed E-state index contributed by atoms with van der Waals surface area (Å²) in [5.41, 5.74) is 0. The lowest BCUT2D eigenvalue weighted by atomic mass is 9.90. The van der Waals surface area contributed by atoms with Crippen molar-refractivity contribution in [1.82, 2.24) is 25.8 Å². The molecule has 2 rings (SSSR count). The van der Waals surface area contributed by atoms with Crippen LogP contribution in [0.2, 0.25) is 0 Å². The highest BCUT2D eigenvalue weighted by Crippen LogP contribution is 2.29. The number of methoxy groups -OCH3 is 2. The molecule has 0 spiro atoms. The summed E-state index contributed by atoms with van der Waals surface area (Å²) >= 11 is 0. The number of allylic oxidation sites excluding steroid dienone is 1. The second-order valence-corrected chi connectivity index (χ2v) is 14.1. The van der Waals surface area contributed by atoms with E-state index in [1.54, 1.807) is 25.9 Å². The second-order valence-electron chi connectivity index (χ2n) is 14.1. The molecule has 0 aliphatic carbocycles. The number of nitrogens with one attached hydrogen (secondary N) is 3. The molecule has 9 atom stereocenters. The van der Waals surface area contributed by atoms with Gasteiger partial charge in [-0.2, -0.15) is 0 Å². The van der Waals surface area contributed by atoms with Crippen LogP contribution in [-0.2, 0) is 33.4 Å². The van der Waals surface area contributed by atoms with Crippen molar-refractivity contribution in [3.63, 3.8) is 0 Å². The van der Waals surface area contributed by atoms with Crippen molar-refractivity contribution >= 4 is 29.6 Å². The van der Waals surface area contributed by atoms with E-state index in [1.165, 1.54) is 19.1 Å². The Morgan fingerprint density at radius 2 is 1.73 bits per heavy atom. The van der Waals surface area contributed by atoms with E-state index in [0.717, 1.165) is 19.3 Å². The summed E-state index contributed by atoms with van der Waals surface area (Å²) in [5, 5.41) is 18.5. The highest BCUT2D eigenvalue weighted by Gasteiger charge is 2.44. The van der Waals surface area contributed by atoms with Crippen LogP contribution < -0.4 is 16.0 Å². The third-order valence-electron chi connectivity index (χ3n) is 10.4. The van der Waals surface area contributed by atoms with Crippen LogP contribution in [0.3, 0.4) is 0 Å². The monoisotopic (exact) mass is 693 g/mol. The number of likely N-dealkylation sites (N-methyl/N-ethyl adjacent to an activating group) is 2. The maximum absolute atomic E-state index is 14.5. The molecule has 1 fully saturated rings. The largest absolute Gasteiger partial charge is 0.481 e. The molecular weight excluding hydrogens is 630 g/mol. The molecule has 280 valence electrons. The average molecular weight is 694 g/mol. The molecular formula is C36H63N5O8. The van der Waals surface area contributed by atoms with Crippen LogP contribution in [0.4, 0.5) is 0 Å². The molecule has 2 aliphatic heterocycles.